The molecule has 2 nitrogen and oxygen atoms in total. The third kappa shape index (κ3) is 2.36. The Morgan fingerprint density at radius 1 is 1.19 bits per heavy atom. The second-order valence-corrected chi connectivity index (χ2v) is 4.75. The molecule has 0 fully saturated rings. The van der Waals surface area contributed by atoms with Crippen molar-refractivity contribution in [3.05, 3.63) is 45.6 Å². The van der Waals surface area contributed by atoms with Crippen molar-refractivity contribution in [1.29, 1.82) is 0 Å². The molecule has 0 saturated carbocycles. The lowest BCUT2D eigenvalue weighted by Crippen LogP contribution is -2.00. The zero-order valence-corrected chi connectivity index (χ0v) is 10.4. The lowest BCUT2D eigenvalue weighted by molar-refractivity contribution is 1.14. The fourth-order valence-corrected chi connectivity index (χ4v) is 2.37. The van der Waals surface area contributed by atoms with Crippen LogP contribution in [-0.4, -0.2) is 0 Å². The number of benzene rings is 1. The predicted molar refractivity (Wildman–Crippen MR) is 72.0 cm³/mol. The van der Waals surface area contributed by atoms with Crippen LogP contribution in [0, 0.1) is 13.8 Å². The first-order valence-corrected chi connectivity index (χ1v) is 6.23. The lowest BCUT2D eigenvalue weighted by Gasteiger charge is -2.08. The lowest BCUT2D eigenvalue weighted by atomic mass is 10.1. The van der Waals surface area contributed by atoms with Gasteiger partial charge in [-0.05, 0) is 53.4 Å². The van der Waals surface area contributed by atoms with Crippen molar-refractivity contribution >= 4 is 22.7 Å². The first-order chi connectivity index (χ1) is 7.66. The molecule has 0 aliphatic carbocycles. The number of nitrogens with two attached hydrogens (primary N) is 1. The molecule has 3 heteroatoms. The van der Waals surface area contributed by atoms with Crippen molar-refractivity contribution in [2.24, 2.45) is 0 Å². The van der Waals surface area contributed by atoms with Gasteiger partial charge in [0.2, 0.25) is 0 Å². The van der Waals surface area contributed by atoms with Gasteiger partial charge < -0.3 is 11.1 Å². The SMILES string of the molecule is Cc1ccc(NCc2cscc2C)cc1N. The van der Waals surface area contributed by atoms with E-state index in [4.69, 9.17) is 5.73 Å². The van der Waals surface area contributed by atoms with Gasteiger partial charge in [0.25, 0.3) is 0 Å². The van der Waals surface area contributed by atoms with Crippen LogP contribution >= 0.6 is 11.3 Å². The summed E-state index contributed by atoms with van der Waals surface area (Å²) in [4.78, 5) is 0. The summed E-state index contributed by atoms with van der Waals surface area (Å²) in [5, 5.41) is 7.73. The number of hydrogen-bond acceptors (Lipinski definition) is 3. The van der Waals surface area contributed by atoms with Crippen LogP contribution in [0.15, 0.2) is 29.0 Å². The maximum atomic E-state index is 5.86. The molecule has 0 unspecified atom stereocenters. The fraction of sp³-hybridized carbons (Fsp3) is 0.231. The molecule has 2 rings (SSSR count). The molecule has 0 aliphatic heterocycles. The van der Waals surface area contributed by atoms with Gasteiger partial charge in [0, 0.05) is 17.9 Å². The first kappa shape index (κ1) is 11.0. The number of hydrogen-bond donors (Lipinski definition) is 2. The Hall–Kier alpha value is -1.48. The van der Waals surface area contributed by atoms with Gasteiger partial charge in [0.15, 0.2) is 0 Å². The van der Waals surface area contributed by atoms with E-state index in [1.165, 1.54) is 11.1 Å². The average Bonchev–Trinajstić information content (AvgIpc) is 2.66. The summed E-state index contributed by atoms with van der Waals surface area (Å²) < 4.78 is 0. The summed E-state index contributed by atoms with van der Waals surface area (Å²) in [6, 6.07) is 6.09. The molecule has 3 N–H and O–H groups in total. The molecule has 0 bridgehead atoms. The Labute approximate surface area is 100 Å². The quantitative estimate of drug-likeness (QED) is 0.794. The third-order valence-electron chi connectivity index (χ3n) is 2.72. The van der Waals surface area contributed by atoms with Gasteiger partial charge in [0.1, 0.15) is 0 Å². The van der Waals surface area contributed by atoms with Gasteiger partial charge in [0.05, 0.1) is 0 Å². The van der Waals surface area contributed by atoms with Crippen LogP contribution in [0.3, 0.4) is 0 Å². The van der Waals surface area contributed by atoms with Crippen LogP contribution in [-0.2, 0) is 6.54 Å². The Balaban J connectivity index is 2.05. The van der Waals surface area contributed by atoms with E-state index in [1.54, 1.807) is 11.3 Å². The molecular formula is C13H16N2S. The van der Waals surface area contributed by atoms with Crippen LogP contribution in [0.4, 0.5) is 11.4 Å². The molecule has 1 aromatic carbocycles. The second-order valence-electron chi connectivity index (χ2n) is 4.00. The third-order valence-corrected chi connectivity index (χ3v) is 3.63. The number of nitrogen functional groups attached to an aromatic ring is 1. The van der Waals surface area contributed by atoms with E-state index in [0.717, 1.165) is 23.5 Å². The number of thiophene rings is 1. The van der Waals surface area contributed by atoms with Crippen molar-refractivity contribution in [3.63, 3.8) is 0 Å². The van der Waals surface area contributed by atoms with Gasteiger partial charge in [-0.25, -0.2) is 0 Å². The summed E-state index contributed by atoms with van der Waals surface area (Å²) >= 11 is 1.74. The van der Waals surface area contributed by atoms with Crippen molar-refractivity contribution in [1.82, 2.24) is 0 Å². The predicted octanol–water partition coefficient (Wildman–Crippen LogP) is 3.56. The molecular weight excluding hydrogens is 216 g/mol. The Bertz CT molecular complexity index is 488. The zero-order chi connectivity index (χ0) is 11.5. The minimum Gasteiger partial charge on any atom is -0.398 e. The molecule has 0 atom stereocenters. The van der Waals surface area contributed by atoms with E-state index in [2.05, 4.69) is 29.1 Å². The van der Waals surface area contributed by atoms with Crippen LogP contribution < -0.4 is 11.1 Å². The van der Waals surface area contributed by atoms with E-state index >= 15 is 0 Å². The Kier molecular flexibility index (Phi) is 3.15. The molecule has 16 heavy (non-hydrogen) atoms. The maximum absolute atomic E-state index is 5.86. The number of nitrogens with one attached hydrogen (secondary N) is 1. The second kappa shape index (κ2) is 4.58. The highest BCUT2D eigenvalue weighted by molar-refractivity contribution is 7.08. The van der Waals surface area contributed by atoms with Crippen LogP contribution in [0.2, 0.25) is 0 Å². The fourth-order valence-electron chi connectivity index (χ4n) is 1.52. The van der Waals surface area contributed by atoms with Crippen LogP contribution in [0.5, 0.6) is 0 Å². The topological polar surface area (TPSA) is 38.0 Å². The van der Waals surface area contributed by atoms with Crippen molar-refractivity contribution in [3.8, 4) is 0 Å². The van der Waals surface area contributed by atoms with Gasteiger partial charge >= 0.3 is 0 Å². The number of aryl methyl sites for hydroxylation is 2. The van der Waals surface area contributed by atoms with Crippen molar-refractivity contribution in [2.45, 2.75) is 20.4 Å². The Morgan fingerprint density at radius 3 is 2.62 bits per heavy atom. The summed E-state index contributed by atoms with van der Waals surface area (Å²) in [7, 11) is 0. The molecule has 0 radical (unpaired) electrons. The van der Waals surface area contributed by atoms with Crippen LogP contribution in [0.25, 0.3) is 0 Å². The summed E-state index contributed by atoms with van der Waals surface area (Å²) in [5.41, 5.74) is 11.6. The molecule has 0 aliphatic rings. The summed E-state index contributed by atoms with van der Waals surface area (Å²) in [6.07, 6.45) is 0. The van der Waals surface area contributed by atoms with Gasteiger partial charge in [-0.15, -0.1) is 0 Å². The highest BCUT2D eigenvalue weighted by Gasteiger charge is 2.00. The normalized spacial score (nSPS) is 10.4. The van der Waals surface area contributed by atoms with E-state index < -0.39 is 0 Å². The molecule has 1 aromatic heterocycles. The van der Waals surface area contributed by atoms with E-state index in [0.29, 0.717) is 0 Å². The average molecular weight is 232 g/mol. The largest absolute Gasteiger partial charge is 0.398 e. The van der Waals surface area contributed by atoms with E-state index in [1.807, 2.05) is 19.1 Å². The maximum Gasteiger partial charge on any atom is 0.0411 e. The Morgan fingerprint density at radius 2 is 2.00 bits per heavy atom. The molecule has 84 valence electrons. The van der Waals surface area contributed by atoms with Gasteiger partial charge in [-0.1, -0.05) is 6.07 Å². The van der Waals surface area contributed by atoms with Gasteiger partial charge in [-0.2, -0.15) is 11.3 Å². The highest BCUT2D eigenvalue weighted by Crippen LogP contribution is 2.19. The molecule has 0 amide bonds. The zero-order valence-electron chi connectivity index (χ0n) is 9.58. The smallest absolute Gasteiger partial charge is 0.0411 e. The number of anilines is 2. The molecule has 2 aromatic rings. The first-order valence-electron chi connectivity index (χ1n) is 5.28. The molecule has 0 spiro atoms. The van der Waals surface area contributed by atoms with Crippen molar-refractivity contribution in [2.75, 3.05) is 11.1 Å². The minimum absolute atomic E-state index is 0.840. The van der Waals surface area contributed by atoms with Gasteiger partial charge in [-0.3, -0.25) is 0 Å². The summed E-state index contributed by atoms with van der Waals surface area (Å²) in [5.74, 6) is 0. The standard InChI is InChI=1S/C13H16N2S/c1-9-3-4-12(5-13(9)14)15-6-11-8-16-7-10(11)2/h3-5,7-8,15H,6,14H2,1-2H3. The van der Waals surface area contributed by atoms with Crippen LogP contribution in [0.1, 0.15) is 16.7 Å². The minimum atomic E-state index is 0.840. The number of rotatable bonds is 3. The summed E-state index contributed by atoms with van der Waals surface area (Å²) in [6.45, 7) is 5.01. The highest BCUT2D eigenvalue weighted by atomic mass is 32.1. The van der Waals surface area contributed by atoms with Crippen molar-refractivity contribution < 1.29 is 0 Å². The van der Waals surface area contributed by atoms with E-state index in [-0.39, 0.29) is 0 Å². The van der Waals surface area contributed by atoms with E-state index in [9.17, 15) is 0 Å². The molecule has 0 saturated heterocycles. The monoisotopic (exact) mass is 232 g/mol. The molecule has 1 heterocycles.